The van der Waals surface area contributed by atoms with Crippen molar-refractivity contribution >= 4 is 11.7 Å². The molecule has 0 aliphatic rings. The van der Waals surface area contributed by atoms with Crippen molar-refractivity contribution in [3.05, 3.63) is 41.6 Å². The van der Waals surface area contributed by atoms with E-state index in [9.17, 15) is 4.79 Å². The van der Waals surface area contributed by atoms with Crippen LogP contribution in [0.25, 0.3) is 5.69 Å². The fraction of sp³-hybridized carbons (Fsp3) is 0.375. The number of carbonyl (C=O) groups excluding carboxylic acids is 1. The summed E-state index contributed by atoms with van der Waals surface area (Å²) in [5.74, 6) is 0.700. The minimum atomic E-state index is -0.561. The van der Waals surface area contributed by atoms with Crippen LogP contribution in [0.4, 0.5) is 5.82 Å². The number of anilines is 1. The van der Waals surface area contributed by atoms with Crippen LogP contribution in [0, 0.1) is 6.92 Å². The third kappa shape index (κ3) is 3.49. The molecule has 2 rings (SSSR count). The zero-order valence-corrected chi connectivity index (χ0v) is 12.9. The number of nitrogens with two attached hydrogens (primary N) is 1. The lowest BCUT2D eigenvalue weighted by atomic mass is 10.1. The summed E-state index contributed by atoms with van der Waals surface area (Å²) in [5.41, 5.74) is 8.63. The van der Waals surface area contributed by atoms with Crippen molar-refractivity contribution in [3.8, 4) is 5.69 Å². The van der Waals surface area contributed by atoms with Crippen LogP contribution < -0.4 is 11.1 Å². The quantitative estimate of drug-likeness (QED) is 0.907. The van der Waals surface area contributed by atoms with Gasteiger partial charge in [0.05, 0.1) is 17.4 Å². The van der Waals surface area contributed by atoms with Crippen molar-refractivity contribution in [2.24, 2.45) is 5.73 Å². The normalized spacial score (nSPS) is 12.5. The molecule has 0 aliphatic heterocycles. The summed E-state index contributed by atoms with van der Waals surface area (Å²) >= 11 is 0. The highest BCUT2D eigenvalue weighted by Gasteiger charge is 2.15. The topological polar surface area (TPSA) is 72.9 Å². The van der Waals surface area contributed by atoms with Crippen molar-refractivity contribution in [3.63, 3.8) is 0 Å². The lowest BCUT2D eigenvalue weighted by molar-refractivity contribution is -0.117. The number of hydrogen-bond donors (Lipinski definition) is 2. The van der Waals surface area contributed by atoms with Gasteiger partial charge in [-0.05, 0) is 31.9 Å². The molecule has 5 heteroatoms. The molecule has 5 nitrogen and oxygen atoms in total. The molecule has 0 spiro atoms. The molecule has 1 aromatic heterocycles. The summed E-state index contributed by atoms with van der Waals surface area (Å²) in [7, 11) is 0. The van der Waals surface area contributed by atoms with Gasteiger partial charge in [-0.15, -0.1) is 0 Å². The number of nitrogens with zero attached hydrogens (tertiary/aromatic N) is 2. The molecule has 0 saturated heterocycles. The molecule has 112 valence electrons. The van der Waals surface area contributed by atoms with Gasteiger partial charge in [-0.3, -0.25) is 4.79 Å². The number of carbonyl (C=O) groups is 1. The Morgan fingerprint density at radius 1 is 1.24 bits per heavy atom. The van der Waals surface area contributed by atoms with Crippen LogP contribution in [0.1, 0.15) is 37.9 Å². The first-order valence-electron chi connectivity index (χ1n) is 7.12. The Hall–Kier alpha value is -2.14. The van der Waals surface area contributed by atoms with Gasteiger partial charge in [-0.25, -0.2) is 4.68 Å². The van der Waals surface area contributed by atoms with Crippen LogP contribution in [-0.4, -0.2) is 21.7 Å². The van der Waals surface area contributed by atoms with Crippen LogP contribution >= 0.6 is 0 Å². The van der Waals surface area contributed by atoms with E-state index in [-0.39, 0.29) is 11.8 Å². The van der Waals surface area contributed by atoms with Gasteiger partial charge in [0.15, 0.2) is 0 Å². The van der Waals surface area contributed by atoms with Crippen LogP contribution in [0.3, 0.4) is 0 Å². The van der Waals surface area contributed by atoms with Gasteiger partial charge in [0.1, 0.15) is 5.82 Å². The lowest BCUT2D eigenvalue weighted by Crippen LogP contribution is -2.33. The van der Waals surface area contributed by atoms with Crippen molar-refractivity contribution in [1.29, 1.82) is 0 Å². The highest BCUT2D eigenvalue weighted by atomic mass is 16.2. The van der Waals surface area contributed by atoms with Crippen molar-refractivity contribution in [2.45, 2.75) is 39.7 Å². The van der Waals surface area contributed by atoms with Crippen LogP contribution in [0.15, 0.2) is 30.3 Å². The fourth-order valence-electron chi connectivity index (χ4n) is 1.89. The predicted molar refractivity (Wildman–Crippen MR) is 84.7 cm³/mol. The molecule has 1 atom stereocenters. The van der Waals surface area contributed by atoms with Gasteiger partial charge in [0.25, 0.3) is 0 Å². The summed E-state index contributed by atoms with van der Waals surface area (Å²) in [6.45, 7) is 7.83. The van der Waals surface area contributed by atoms with Crippen LogP contribution in [0.5, 0.6) is 0 Å². The number of benzene rings is 1. The molecule has 1 aromatic carbocycles. The van der Waals surface area contributed by atoms with Gasteiger partial charge in [-0.2, -0.15) is 5.10 Å². The molecule has 21 heavy (non-hydrogen) atoms. The molecule has 0 saturated carbocycles. The number of aromatic nitrogens is 2. The van der Waals surface area contributed by atoms with Gasteiger partial charge in [0.2, 0.25) is 5.91 Å². The molecule has 2 aromatic rings. The van der Waals surface area contributed by atoms with E-state index >= 15 is 0 Å². The number of nitrogens with one attached hydrogen (secondary N) is 1. The largest absolute Gasteiger partial charge is 0.320 e. The van der Waals surface area contributed by atoms with E-state index < -0.39 is 6.04 Å². The molecule has 3 N–H and O–H groups in total. The standard InChI is InChI=1S/C16H22N4O/c1-10(2)14-9-15(18-16(21)12(4)17)20(19-14)13-7-5-11(3)6-8-13/h5-10,12H,17H2,1-4H3,(H,18,21)/t12-/m0/s1. The zero-order chi connectivity index (χ0) is 15.6. The first-order chi connectivity index (χ1) is 9.88. The van der Waals surface area contributed by atoms with E-state index in [1.54, 1.807) is 11.6 Å². The minimum Gasteiger partial charge on any atom is -0.320 e. The Balaban J connectivity index is 2.42. The molecule has 1 amide bonds. The average Bonchev–Trinajstić information content (AvgIpc) is 2.83. The highest BCUT2D eigenvalue weighted by molar-refractivity contribution is 5.93. The molecule has 0 aliphatic carbocycles. The Bertz CT molecular complexity index is 626. The second-order valence-electron chi connectivity index (χ2n) is 5.63. The number of aryl methyl sites for hydroxylation is 1. The Kier molecular flexibility index (Phi) is 4.43. The molecule has 0 radical (unpaired) electrons. The minimum absolute atomic E-state index is 0.224. The molecule has 0 fully saturated rings. The maximum atomic E-state index is 11.9. The number of rotatable bonds is 4. The molecule has 0 bridgehead atoms. The van der Waals surface area contributed by atoms with Crippen LogP contribution in [0.2, 0.25) is 0 Å². The smallest absolute Gasteiger partial charge is 0.242 e. The first kappa shape index (κ1) is 15.3. The monoisotopic (exact) mass is 286 g/mol. The van der Waals surface area contributed by atoms with Gasteiger partial charge >= 0.3 is 0 Å². The third-order valence-electron chi connectivity index (χ3n) is 3.26. The lowest BCUT2D eigenvalue weighted by Gasteiger charge is -2.10. The average molecular weight is 286 g/mol. The highest BCUT2D eigenvalue weighted by Crippen LogP contribution is 2.22. The second kappa shape index (κ2) is 6.10. The zero-order valence-electron chi connectivity index (χ0n) is 12.9. The molecule has 1 heterocycles. The molecule has 0 unspecified atom stereocenters. The Morgan fingerprint density at radius 3 is 2.38 bits per heavy atom. The fourth-order valence-corrected chi connectivity index (χ4v) is 1.89. The van der Waals surface area contributed by atoms with E-state index in [1.165, 1.54) is 5.56 Å². The maximum absolute atomic E-state index is 11.9. The Morgan fingerprint density at radius 2 is 1.86 bits per heavy atom. The van der Waals surface area contributed by atoms with E-state index in [4.69, 9.17) is 5.73 Å². The van der Waals surface area contributed by atoms with Crippen molar-refractivity contribution in [2.75, 3.05) is 5.32 Å². The second-order valence-corrected chi connectivity index (χ2v) is 5.63. The van der Waals surface area contributed by atoms with E-state index in [2.05, 4.69) is 24.3 Å². The van der Waals surface area contributed by atoms with Crippen LogP contribution in [-0.2, 0) is 4.79 Å². The summed E-state index contributed by atoms with van der Waals surface area (Å²) < 4.78 is 1.75. The first-order valence-corrected chi connectivity index (χ1v) is 7.12. The van der Waals surface area contributed by atoms with E-state index in [0.29, 0.717) is 5.82 Å². The predicted octanol–water partition coefficient (Wildman–Crippen LogP) is 2.59. The summed E-state index contributed by atoms with van der Waals surface area (Å²) in [6, 6.07) is 9.33. The molecular weight excluding hydrogens is 264 g/mol. The summed E-state index contributed by atoms with van der Waals surface area (Å²) in [4.78, 5) is 11.9. The maximum Gasteiger partial charge on any atom is 0.242 e. The summed E-state index contributed by atoms with van der Waals surface area (Å²) in [6.07, 6.45) is 0. The van der Waals surface area contributed by atoms with Gasteiger partial charge in [-0.1, -0.05) is 31.5 Å². The Labute approximate surface area is 125 Å². The van der Waals surface area contributed by atoms with Crippen molar-refractivity contribution < 1.29 is 4.79 Å². The van der Waals surface area contributed by atoms with Crippen molar-refractivity contribution in [1.82, 2.24) is 9.78 Å². The molecular formula is C16H22N4O. The van der Waals surface area contributed by atoms with E-state index in [1.807, 2.05) is 37.3 Å². The number of amides is 1. The van der Waals surface area contributed by atoms with E-state index in [0.717, 1.165) is 11.4 Å². The van der Waals surface area contributed by atoms with Gasteiger partial charge < -0.3 is 11.1 Å². The third-order valence-corrected chi connectivity index (χ3v) is 3.26. The summed E-state index contributed by atoms with van der Waals surface area (Å²) in [5, 5.41) is 7.42. The van der Waals surface area contributed by atoms with Gasteiger partial charge in [0, 0.05) is 6.07 Å². The SMILES string of the molecule is Cc1ccc(-n2nc(C(C)C)cc2NC(=O)[C@H](C)N)cc1. The number of hydrogen-bond acceptors (Lipinski definition) is 3.